The molecule has 31 heavy (non-hydrogen) atoms. The normalized spacial score (nSPS) is 11.8. The summed E-state index contributed by atoms with van der Waals surface area (Å²) in [5, 5.41) is 14.9. The van der Waals surface area contributed by atoms with Crippen molar-refractivity contribution in [1.82, 2.24) is 24.7 Å². The Morgan fingerprint density at radius 1 is 1.13 bits per heavy atom. The number of hydrogen-bond acceptors (Lipinski definition) is 4. The molecule has 0 unspecified atom stereocenters. The van der Waals surface area contributed by atoms with Gasteiger partial charge in [0.1, 0.15) is 5.82 Å². The molecule has 0 aliphatic carbocycles. The van der Waals surface area contributed by atoms with E-state index in [-0.39, 0.29) is 0 Å². The van der Waals surface area contributed by atoms with Crippen molar-refractivity contribution in [1.29, 1.82) is 0 Å². The van der Waals surface area contributed by atoms with Crippen molar-refractivity contribution in [2.24, 2.45) is 0 Å². The standard InChI is InChI=1S/C23H23ClFN5O/c1-14-15(13-29-30(14)11-8-23(2,3)31)21-20(22-26-9-5-10-27-22)16(12-28-21)19-17(24)6-4-7-18(19)25/h4-7,9-10,12-13,28,31H,8,11H2,1-3H3. The van der Waals surface area contributed by atoms with E-state index in [0.717, 1.165) is 17.0 Å². The molecule has 4 rings (SSSR count). The van der Waals surface area contributed by atoms with Gasteiger partial charge in [0.05, 0.1) is 28.1 Å². The Labute approximate surface area is 184 Å². The van der Waals surface area contributed by atoms with Crippen LogP contribution in [0, 0.1) is 12.7 Å². The molecule has 4 aromatic rings. The minimum atomic E-state index is -0.789. The van der Waals surface area contributed by atoms with Gasteiger partial charge in [-0.1, -0.05) is 17.7 Å². The third-order valence-corrected chi connectivity index (χ3v) is 5.52. The second-order valence-corrected chi connectivity index (χ2v) is 8.46. The van der Waals surface area contributed by atoms with Gasteiger partial charge in [0.2, 0.25) is 0 Å². The number of H-pyrrole nitrogens is 1. The Morgan fingerprint density at radius 2 is 1.87 bits per heavy atom. The summed E-state index contributed by atoms with van der Waals surface area (Å²) in [4.78, 5) is 12.1. The smallest absolute Gasteiger partial charge is 0.161 e. The lowest BCUT2D eigenvalue weighted by molar-refractivity contribution is 0.0649. The van der Waals surface area contributed by atoms with Crippen molar-refractivity contribution in [3.63, 3.8) is 0 Å². The van der Waals surface area contributed by atoms with E-state index in [1.165, 1.54) is 6.07 Å². The van der Waals surface area contributed by atoms with Crippen molar-refractivity contribution in [2.75, 3.05) is 0 Å². The van der Waals surface area contributed by atoms with Crippen molar-refractivity contribution in [3.8, 4) is 33.8 Å². The van der Waals surface area contributed by atoms with Crippen LogP contribution in [0.3, 0.4) is 0 Å². The lowest BCUT2D eigenvalue weighted by Gasteiger charge is -2.17. The molecule has 3 aromatic heterocycles. The predicted molar refractivity (Wildman–Crippen MR) is 119 cm³/mol. The topological polar surface area (TPSA) is 79.6 Å². The lowest BCUT2D eigenvalue weighted by atomic mass is 9.99. The zero-order chi connectivity index (χ0) is 22.2. The van der Waals surface area contributed by atoms with Gasteiger partial charge < -0.3 is 10.1 Å². The fourth-order valence-corrected chi connectivity index (χ4v) is 3.81. The summed E-state index contributed by atoms with van der Waals surface area (Å²) >= 11 is 6.36. The molecule has 8 heteroatoms. The van der Waals surface area contributed by atoms with Gasteiger partial charge in [0.25, 0.3) is 0 Å². The molecule has 0 aliphatic rings. The molecule has 0 aliphatic heterocycles. The van der Waals surface area contributed by atoms with E-state index >= 15 is 0 Å². The maximum Gasteiger partial charge on any atom is 0.161 e. The summed E-state index contributed by atoms with van der Waals surface area (Å²) < 4.78 is 16.6. The van der Waals surface area contributed by atoms with Crippen LogP contribution in [0.2, 0.25) is 5.02 Å². The molecule has 6 nitrogen and oxygen atoms in total. The molecule has 0 saturated carbocycles. The molecular weight excluding hydrogens is 417 g/mol. The molecule has 0 fully saturated rings. The Morgan fingerprint density at radius 3 is 2.55 bits per heavy atom. The highest BCUT2D eigenvalue weighted by molar-refractivity contribution is 6.33. The summed E-state index contributed by atoms with van der Waals surface area (Å²) in [7, 11) is 0. The fourth-order valence-electron chi connectivity index (χ4n) is 3.55. The number of aliphatic hydroxyl groups is 1. The molecule has 0 saturated heterocycles. The SMILES string of the molecule is Cc1c(-c2[nH]cc(-c3c(F)cccc3Cl)c2-c2ncccn2)cnn1CCC(C)(C)O. The van der Waals surface area contributed by atoms with Gasteiger partial charge in [0, 0.05) is 47.5 Å². The van der Waals surface area contributed by atoms with E-state index in [2.05, 4.69) is 20.1 Å². The largest absolute Gasteiger partial charge is 0.390 e. The number of benzene rings is 1. The van der Waals surface area contributed by atoms with E-state index in [4.69, 9.17) is 11.6 Å². The number of aromatic nitrogens is 5. The Hall–Kier alpha value is -3.03. The maximum absolute atomic E-state index is 14.8. The monoisotopic (exact) mass is 439 g/mol. The van der Waals surface area contributed by atoms with E-state index in [1.54, 1.807) is 56.8 Å². The molecule has 0 atom stereocenters. The van der Waals surface area contributed by atoms with Crippen molar-refractivity contribution in [2.45, 2.75) is 39.3 Å². The highest BCUT2D eigenvalue weighted by Crippen LogP contribution is 2.42. The van der Waals surface area contributed by atoms with Gasteiger partial charge >= 0.3 is 0 Å². The molecule has 0 radical (unpaired) electrons. The third-order valence-electron chi connectivity index (χ3n) is 5.21. The predicted octanol–water partition coefficient (Wildman–Crippen LogP) is 5.26. The van der Waals surface area contributed by atoms with Crippen LogP contribution in [0.5, 0.6) is 0 Å². The van der Waals surface area contributed by atoms with E-state index in [9.17, 15) is 9.50 Å². The van der Waals surface area contributed by atoms with Crippen LogP contribution in [-0.4, -0.2) is 35.4 Å². The molecule has 160 valence electrons. The van der Waals surface area contributed by atoms with E-state index < -0.39 is 11.4 Å². The van der Waals surface area contributed by atoms with Gasteiger partial charge in [-0.2, -0.15) is 5.10 Å². The Balaban J connectivity index is 1.87. The van der Waals surface area contributed by atoms with Gasteiger partial charge in [-0.15, -0.1) is 0 Å². The zero-order valence-corrected chi connectivity index (χ0v) is 18.3. The number of halogens is 2. The molecule has 0 bridgehead atoms. The highest BCUT2D eigenvalue weighted by Gasteiger charge is 2.24. The quantitative estimate of drug-likeness (QED) is 0.429. The van der Waals surface area contributed by atoms with Gasteiger partial charge in [0.15, 0.2) is 5.82 Å². The van der Waals surface area contributed by atoms with E-state index in [1.807, 2.05) is 11.6 Å². The first kappa shape index (κ1) is 21.2. The summed E-state index contributed by atoms with van der Waals surface area (Å²) in [5.74, 6) is 0.0320. The minimum Gasteiger partial charge on any atom is -0.390 e. The molecule has 1 aromatic carbocycles. The molecule has 3 heterocycles. The van der Waals surface area contributed by atoms with Crippen LogP contribution < -0.4 is 0 Å². The first-order chi connectivity index (χ1) is 14.8. The number of hydrogen-bond donors (Lipinski definition) is 2. The Kier molecular flexibility index (Phi) is 5.64. The van der Waals surface area contributed by atoms with Gasteiger partial charge in [-0.05, 0) is 45.4 Å². The van der Waals surface area contributed by atoms with Crippen molar-refractivity contribution < 1.29 is 9.50 Å². The van der Waals surface area contributed by atoms with Crippen LogP contribution in [0.15, 0.2) is 49.1 Å². The minimum absolute atomic E-state index is 0.293. The number of aryl methyl sites for hydroxylation is 1. The van der Waals surface area contributed by atoms with Crippen LogP contribution in [0.4, 0.5) is 4.39 Å². The van der Waals surface area contributed by atoms with Crippen LogP contribution >= 0.6 is 11.6 Å². The summed E-state index contributed by atoms with van der Waals surface area (Å²) in [6.45, 7) is 6.07. The summed E-state index contributed by atoms with van der Waals surface area (Å²) in [6, 6.07) is 6.33. The lowest BCUT2D eigenvalue weighted by Crippen LogP contribution is -2.21. The average molecular weight is 440 g/mol. The summed E-state index contributed by atoms with van der Waals surface area (Å²) in [5.41, 5.74) is 3.22. The molecule has 0 amide bonds. The summed E-state index contributed by atoms with van der Waals surface area (Å²) in [6.07, 6.45) is 7.32. The second kappa shape index (κ2) is 8.24. The molecule has 2 N–H and O–H groups in total. The maximum atomic E-state index is 14.8. The Bertz CT molecular complexity index is 1190. The van der Waals surface area contributed by atoms with Gasteiger partial charge in [-0.25, -0.2) is 14.4 Å². The molecule has 0 spiro atoms. The van der Waals surface area contributed by atoms with Crippen LogP contribution in [-0.2, 0) is 6.54 Å². The number of nitrogens with one attached hydrogen (secondary N) is 1. The first-order valence-corrected chi connectivity index (χ1v) is 10.3. The average Bonchev–Trinajstić information content (AvgIpc) is 3.30. The van der Waals surface area contributed by atoms with E-state index in [0.29, 0.717) is 40.5 Å². The number of nitrogens with zero attached hydrogens (tertiary/aromatic N) is 4. The second-order valence-electron chi connectivity index (χ2n) is 8.05. The van der Waals surface area contributed by atoms with Crippen LogP contribution in [0.1, 0.15) is 26.0 Å². The van der Waals surface area contributed by atoms with Crippen molar-refractivity contribution >= 4 is 11.6 Å². The first-order valence-electron chi connectivity index (χ1n) is 9.94. The highest BCUT2D eigenvalue weighted by atomic mass is 35.5. The fraction of sp³-hybridized carbons (Fsp3) is 0.261. The van der Waals surface area contributed by atoms with Crippen LogP contribution in [0.25, 0.3) is 33.8 Å². The van der Waals surface area contributed by atoms with Crippen molar-refractivity contribution in [3.05, 3.63) is 65.6 Å². The number of rotatable bonds is 6. The van der Waals surface area contributed by atoms with Gasteiger partial charge in [-0.3, -0.25) is 4.68 Å². The third kappa shape index (κ3) is 4.24. The zero-order valence-electron chi connectivity index (χ0n) is 17.5. The molecular formula is C23H23ClFN5O. The number of aromatic amines is 1.